The minimum Gasteiger partial charge on any atom is -0.463 e. The molecule has 2 N–H and O–H groups in total. The standard InChI is InChI=1S/C30H47N5O4/c1-10-34-23(19-33-16-17-35(20(3)18-33)28(38)32-30(7,8)9)24(26(36)39-11-2)25(31-27(34)37)21-12-14-22(15-13-21)29(4,5)6/h12-15,20,25H,10-11,16-19H2,1-9H3,(H,31,37)(H,32,38)/t20-,25-/m1/s1. The second-order valence-electron chi connectivity index (χ2n) is 12.5. The Bertz CT molecular complexity index is 1080. The fraction of sp³-hybridized carbons (Fsp3) is 0.633. The maximum atomic E-state index is 13.4. The van der Waals surface area contributed by atoms with Gasteiger partial charge in [0, 0.05) is 50.0 Å². The Labute approximate surface area is 233 Å². The van der Waals surface area contributed by atoms with Gasteiger partial charge in [0.25, 0.3) is 0 Å². The SMILES string of the molecule is CCOC(=O)C1=C(CN2CCN(C(=O)NC(C)(C)C)[C@H](C)C2)N(CC)C(=O)N[C@@H]1c1ccc(C(C)(C)C)cc1. The van der Waals surface area contributed by atoms with E-state index in [0.717, 1.165) is 5.56 Å². The Morgan fingerprint density at radius 1 is 1.05 bits per heavy atom. The molecule has 39 heavy (non-hydrogen) atoms. The van der Waals surface area contributed by atoms with Crippen LogP contribution in [0.15, 0.2) is 35.5 Å². The molecular weight excluding hydrogens is 494 g/mol. The molecule has 2 heterocycles. The van der Waals surface area contributed by atoms with Gasteiger partial charge in [-0.2, -0.15) is 0 Å². The number of piperazine rings is 1. The molecule has 0 aliphatic carbocycles. The van der Waals surface area contributed by atoms with Crippen LogP contribution in [0.4, 0.5) is 9.59 Å². The van der Waals surface area contributed by atoms with Gasteiger partial charge in [-0.3, -0.25) is 9.80 Å². The molecular formula is C30H47N5O4. The summed E-state index contributed by atoms with van der Waals surface area (Å²) in [5.74, 6) is -0.424. The number of hydrogen-bond donors (Lipinski definition) is 2. The normalized spacial score (nSPS) is 21.1. The van der Waals surface area contributed by atoms with E-state index in [-0.39, 0.29) is 35.7 Å². The molecule has 0 bridgehead atoms. The van der Waals surface area contributed by atoms with Crippen LogP contribution in [0.5, 0.6) is 0 Å². The number of nitrogens with one attached hydrogen (secondary N) is 2. The number of benzene rings is 1. The molecule has 2 aliphatic rings. The lowest BCUT2D eigenvalue weighted by atomic mass is 9.85. The van der Waals surface area contributed by atoms with Gasteiger partial charge in [-0.15, -0.1) is 0 Å². The maximum absolute atomic E-state index is 13.4. The van der Waals surface area contributed by atoms with Crippen LogP contribution in [0.1, 0.15) is 79.5 Å². The molecule has 3 rings (SSSR count). The summed E-state index contributed by atoms with van der Waals surface area (Å²) in [6.07, 6.45) is 0. The van der Waals surface area contributed by atoms with E-state index in [9.17, 15) is 14.4 Å². The topological polar surface area (TPSA) is 94.2 Å². The lowest BCUT2D eigenvalue weighted by Crippen LogP contribution is -2.59. The highest BCUT2D eigenvalue weighted by Crippen LogP contribution is 2.33. The molecule has 0 saturated carbocycles. The lowest BCUT2D eigenvalue weighted by Gasteiger charge is -2.43. The molecule has 4 amide bonds. The third-order valence-corrected chi connectivity index (χ3v) is 7.19. The van der Waals surface area contributed by atoms with Crippen molar-refractivity contribution >= 4 is 18.0 Å². The molecule has 0 aromatic heterocycles. The number of nitrogens with zero attached hydrogens (tertiary/aromatic N) is 3. The predicted molar refractivity (Wildman–Crippen MR) is 153 cm³/mol. The number of ether oxygens (including phenoxy) is 1. The molecule has 216 valence electrons. The van der Waals surface area contributed by atoms with Gasteiger partial charge in [0.15, 0.2) is 0 Å². The molecule has 0 spiro atoms. The van der Waals surface area contributed by atoms with Crippen molar-refractivity contribution in [3.63, 3.8) is 0 Å². The van der Waals surface area contributed by atoms with Crippen molar-refractivity contribution in [2.75, 3.05) is 39.3 Å². The minimum atomic E-state index is -0.611. The van der Waals surface area contributed by atoms with Gasteiger partial charge in [-0.05, 0) is 58.1 Å². The number of urea groups is 2. The van der Waals surface area contributed by atoms with E-state index in [1.54, 1.807) is 11.8 Å². The largest absolute Gasteiger partial charge is 0.463 e. The monoisotopic (exact) mass is 541 g/mol. The summed E-state index contributed by atoms with van der Waals surface area (Å²) in [5, 5.41) is 6.10. The van der Waals surface area contributed by atoms with E-state index in [1.807, 2.05) is 51.7 Å². The number of carbonyl (C=O) groups is 3. The van der Waals surface area contributed by atoms with Crippen molar-refractivity contribution in [2.24, 2.45) is 0 Å². The average Bonchev–Trinajstić information content (AvgIpc) is 2.82. The molecule has 1 aromatic rings. The molecule has 1 saturated heterocycles. The van der Waals surface area contributed by atoms with Gasteiger partial charge >= 0.3 is 18.0 Å². The Kier molecular flexibility index (Phi) is 9.36. The van der Waals surface area contributed by atoms with Crippen molar-refractivity contribution in [1.82, 2.24) is 25.3 Å². The van der Waals surface area contributed by atoms with E-state index in [1.165, 1.54) is 5.56 Å². The van der Waals surface area contributed by atoms with Crippen LogP contribution < -0.4 is 10.6 Å². The number of likely N-dealkylation sites (N-methyl/N-ethyl adjacent to an activating group) is 1. The molecule has 2 aliphatic heterocycles. The van der Waals surface area contributed by atoms with E-state index in [0.29, 0.717) is 44.0 Å². The van der Waals surface area contributed by atoms with Crippen molar-refractivity contribution < 1.29 is 19.1 Å². The van der Waals surface area contributed by atoms with E-state index in [2.05, 4.69) is 48.4 Å². The van der Waals surface area contributed by atoms with Crippen LogP contribution in [0.3, 0.4) is 0 Å². The number of esters is 1. The maximum Gasteiger partial charge on any atom is 0.338 e. The van der Waals surface area contributed by atoms with Gasteiger partial charge in [0.2, 0.25) is 0 Å². The molecule has 0 unspecified atom stereocenters. The Morgan fingerprint density at radius 3 is 2.21 bits per heavy atom. The third-order valence-electron chi connectivity index (χ3n) is 7.19. The molecule has 9 heteroatoms. The third kappa shape index (κ3) is 7.32. The number of amides is 4. The van der Waals surface area contributed by atoms with Crippen molar-refractivity contribution in [1.29, 1.82) is 0 Å². The highest BCUT2D eigenvalue weighted by molar-refractivity contribution is 5.95. The summed E-state index contributed by atoms with van der Waals surface area (Å²) in [5.41, 5.74) is 2.80. The molecule has 1 fully saturated rings. The first-order valence-electron chi connectivity index (χ1n) is 14.1. The van der Waals surface area contributed by atoms with E-state index >= 15 is 0 Å². The minimum absolute atomic E-state index is 0.0130. The van der Waals surface area contributed by atoms with Crippen LogP contribution >= 0.6 is 0 Å². The van der Waals surface area contributed by atoms with Crippen molar-refractivity contribution in [3.05, 3.63) is 46.7 Å². The first-order chi connectivity index (χ1) is 18.2. The molecule has 1 aromatic carbocycles. The van der Waals surface area contributed by atoms with Crippen LogP contribution in [0.2, 0.25) is 0 Å². The van der Waals surface area contributed by atoms with Crippen LogP contribution in [-0.4, -0.2) is 83.6 Å². The first kappa shape index (κ1) is 30.5. The van der Waals surface area contributed by atoms with Crippen LogP contribution in [0.25, 0.3) is 0 Å². The van der Waals surface area contributed by atoms with Crippen molar-refractivity contribution in [2.45, 2.75) is 85.4 Å². The smallest absolute Gasteiger partial charge is 0.338 e. The Balaban J connectivity index is 1.95. The molecule has 0 radical (unpaired) electrons. The Hall–Kier alpha value is -3.07. The summed E-state index contributed by atoms with van der Waals surface area (Å²) in [4.78, 5) is 45.3. The van der Waals surface area contributed by atoms with Crippen molar-refractivity contribution in [3.8, 4) is 0 Å². The fourth-order valence-corrected chi connectivity index (χ4v) is 5.17. The number of carbonyl (C=O) groups excluding carboxylic acids is 3. The predicted octanol–water partition coefficient (Wildman–Crippen LogP) is 4.40. The van der Waals surface area contributed by atoms with Crippen LogP contribution in [0, 0.1) is 0 Å². The lowest BCUT2D eigenvalue weighted by molar-refractivity contribution is -0.139. The summed E-state index contributed by atoms with van der Waals surface area (Å²) >= 11 is 0. The Morgan fingerprint density at radius 2 is 1.69 bits per heavy atom. The number of rotatable bonds is 6. The highest BCUT2D eigenvalue weighted by atomic mass is 16.5. The van der Waals surface area contributed by atoms with Gasteiger partial charge in [0.1, 0.15) is 0 Å². The van der Waals surface area contributed by atoms with Gasteiger partial charge in [-0.1, -0.05) is 45.0 Å². The zero-order valence-corrected chi connectivity index (χ0v) is 25.2. The van der Waals surface area contributed by atoms with Crippen LogP contribution in [-0.2, 0) is 14.9 Å². The first-order valence-corrected chi connectivity index (χ1v) is 14.1. The quantitative estimate of drug-likeness (QED) is 0.521. The zero-order valence-electron chi connectivity index (χ0n) is 25.2. The van der Waals surface area contributed by atoms with Gasteiger partial charge in [-0.25, -0.2) is 14.4 Å². The molecule has 2 atom stereocenters. The van der Waals surface area contributed by atoms with Gasteiger partial charge < -0.3 is 20.3 Å². The summed E-state index contributed by atoms with van der Waals surface area (Å²) in [6.45, 7) is 21.0. The summed E-state index contributed by atoms with van der Waals surface area (Å²) in [6, 6.07) is 7.13. The second kappa shape index (κ2) is 12.0. The van der Waals surface area contributed by atoms with E-state index in [4.69, 9.17) is 4.74 Å². The fourth-order valence-electron chi connectivity index (χ4n) is 5.17. The number of hydrogen-bond acceptors (Lipinski definition) is 5. The average molecular weight is 542 g/mol. The molecule has 9 nitrogen and oxygen atoms in total. The summed E-state index contributed by atoms with van der Waals surface area (Å²) in [7, 11) is 0. The highest BCUT2D eigenvalue weighted by Gasteiger charge is 2.39. The summed E-state index contributed by atoms with van der Waals surface area (Å²) < 4.78 is 5.52. The van der Waals surface area contributed by atoms with E-state index < -0.39 is 12.0 Å². The van der Waals surface area contributed by atoms with Gasteiger partial charge in [0.05, 0.1) is 18.2 Å². The zero-order chi connectivity index (χ0) is 29.1. The second-order valence-corrected chi connectivity index (χ2v) is 12.5.